The van der Waals surface area contributed by atoms with E-state index in [1.54, 1.807) is 0 Å². The number of benzene rings is 2. The van der Waals surface area contributed by atoms with E-state index in [0.29, 0.717) is 20.1 Å². The summed E-state index contributed by atoms with van der Waals surface area (Å²) >= 11 is 5.89. The van der Waals surface area contributed by atoms with Gasteiger partial charge in [-0.3, -0.25) is 0 Å². The van der Waals surface area contributed by atoms with Gasteiger partial charge in [0, 0.05) is 0 Å². The summed E-state index contributed by atoms with van der Waals surface area (Å²) in [6.45, 7) is 4.19. The average Bonchev–Trinajstić information content (AvgIpc) is 2.55. The van der Waals surface area contributed by atoms with E-state index < -0.39 is 0 Å². The van der Waals surface area contributed by atoms with E-state index in [1.807, 2.05) is 12.1 Å². The molecular weight excluding hydrogens is 369 g/mol. The van der Waals surface area contributed by atoms with Crippen LogP contribution in [0.25, 0.3) is 0 Å². The van der Waals surface area contributed by atoms with Crippen LogP contribution >= 0.6 is 12.2 Å². The van der Waals surface area contributed by atoms with Gasteiger partial charge in [0.15, 0.2) is 0 Å². The molecule has 23 heavy (non-hydrogen) atoms. The molecule has 0 aromatic heterocycles. The van der Waals surface area contributed by atoms with Crippen molar-refractivity contribution in [3.63, 3.8) is 0 Å². The van der Waals surface area contributed by atoms with E-state index in [4.69, 9.17) is 12.2 Å². The van der Waals surface area contributed by atoms with Crippen molar-refractivity contribution in [3.05, 3.63) is 59.2 Å². The minimum atomic E-state index is 0.520. The van der Waals surface area contributed by atoms with Crippen LogP contribution in [0.1, 0.15) is 23.1 Å². The fourth-order valence-electron chi connectivity index (χ4n) is 2.42. The van der Waals surface area contributed by atoms with Gasteiger partial charge in [0.1, 0.15) is 0 Å². The molecule has 1 heterocycles. The van der Waals surface area contributed by atoms with Crippen LogP contribution in [0.3, 0.4) is 0 Å². The molecule has 3 rings (SSSR count). The van der Waals surface area contributed by atoms with Crippen LogP contribution in [0.4, 0.5) is 5.69 Å². The summed E-state index contributed by atoms with van der Waals surface area (Å²) in [5.41, 5.74) is 8.84. The molecule has 0 aliphatic carbocycles. The maximum absolute atomic E-state index is 5.34. The fourth-order valence-corrected chi connectivity index (χ4v) is 4.70. The van der Waals surface area contributed by atoms with Gasteiger partial charge in [-0.25, -0.2) is 0 Å². The van der Waals surface area contributed by atoms with Gasteiger partial charge in [-0.15, -0.1) is 0 Å². The number of aryl methyl sites for hydroxylation is 2. The van der Waals surface area contributed by atoms with Gasteiger partial charge < -0.3 is 0 Å². The Kier molecular flexibility index (Phi) is 5.11. The first kappa shape index (κ1) is 16.2. The maximum atomic E-state index is 5.34. The van der Waals surface area contributed by atoms with Crippen LogP contribution in [0.15, 0.2) is 47.6 Å². The second-order valence-electron chi connectivity index (χ2n) is 5.59. The summed E-state index contributed by atoms with van der Waals surface area (Å²) in [7, 11) is 0. The molecule has 0 atom stereocenters. The van der Waals surface area contributed by atoms with E-state index in [9.17, 15) is 0 Å². The minimum absolute atomic E-state index is 0.520. The van der Waals surface area contributed by atoms with Crippen LogP contribution in [-0.4, -0.2) is 25.8 Å². The van der Waals surface area contributed by atoms with Gasteiger partial charge in [0.05, 0.1) is 0 Å². The Labute approximate surface area is 148 Å². The predicted octanol–water partition coefficient (Wildman–Crippen LogP) is 3.15. The molecule has 1 aliphatic heterocycles. The molecular formula is C18H19N3SSe. The Morgan fingerprint density at radius 1 is 1.09 bits per heavy atom. The number of nitrogens with zero attached hydrogens (tertiary/aromatic N) is 1. The van der Waals surface area contributed by atoms with Crippen LogP contribution in [0.5, 0.6) is 0 Å². The summed E-state index contributed by atoms with van der Waals surface area (Å²) in [6.07, 6.45) is 1.01. The van der Waals surface area contributed by atoms with Crippen molar-refractivity contribution in [1.29, 1.82) is 0 Å². The second-order valence-corrected chi connectivity index (χ2v) is 8.38. The van der Waals surface area contributed by atoms with E-state index in [2.05, 4.69) is 60.0 Å². The monoisotopic (exact) mass is 389 g/mol. The normalized spacial score (nSPS) is 15.1. The average molecular weight is 388 g/mol. The zero-order valence-electron chi connectivity index (χ0n) is 13.2. The van der Waals surface area contributed by atoms with Crippen molar-refractivity contribution < 1.29 is 0 Å². The molecule has 0 amide bonds. The molecule has 0 saturated heterocycles. The van der Waals surface area contributed by atoms with Gasteiger partial charge in [-0.2, -0.15) is 0 Å². The third kappa shape index (κ3) is 4.19. The molecule has 1 aliphatic rings. The van der Waals surface area contributed by atoms with Gasteiger partial charge in [0.2, 0.25) is 0 Å². The molecule has 0 radical (unpaired) electrons. The SMILES string of the molecule is Cc1ccc(NC(=S)N/N=C2\CC[Se]c3ccc(C)cc32)cc1. The van der Waals surface area contributed by atoms with Crippen molar-refractivity contribution in [2.45, 2.75) is 25.6 Å². The number of hydrogen-bond acceptors (Lipinski definition) is 2. The predicted molar refractivity (Wildman–Crippen MR) is 103 cm³/mol. The molecule has 2 aromatic rings. The van der Waals surface area contributed by atoms with Crippen LogP contribution in [0.2, 0.25) is 5.32 Å². The van der Waals surface area contributed by atoms with E-state index in [1.165, 1.54) is 26.5 Å². The summed E-state index contributed by atoms with van der Waals surface area (Å²) in [5.74, 6) is 0. The van der Waals surface area contributed by atoms with Crippen molar-refractivity contribution >= 4 is 48.1 Å². The number of anilines is 1. The van der Waals surface area contributed by atoms with Gasteiger partial charge in [-0.1, -0.05) is 0 Å². The molecule has 0 saturated carbocycles. The zero-order chi connectivity index (χ0) is 16.2. The van der Waals surface area contributed by atoms with E-state index >= 15 is 0 Å². The summed E-state index contributed by atoms with van der Waals surface area (Å²) in [6, 6.07) is 14.8. The molecule has 0 fully saturated rings. The first-order valence-corrected chi connectivity index (χ1v) is 10.0. The summed E-state index contributed by atoms with van der Waals surface area (Å²) in [4.78, 5) is 0. The Hall–Kier alpha value is -1.68. The molecule has 118 valence electrons. The van der Waals surface area contributed by atoms with E-state index in [-0.39, 0.29) is 0 Å². The molecule has 0 bridgehead atoms. The number of hydrazone groups is 1. The van der Waals surface area contributed by atoms with Crippen LogP contribution < -0.4 is 15.2 Å². The topological polar surface area (TPSA) is 36.4 Å². The molecule has 0 spiro atoms. The van der Waals surface area contributed by atoms with Gasteiger partial charge >= 0.3 is 149 Å². The zero-order valence-corrected chi connectivity index (χ0v) is 15.7. The second kappa shape index (κ2) is 7.26. The summed E-state index contributed by atoms with van der Waals surface area (Å²) in [5, 5.41) is 9.43. The van der Waals surface area contributed by atoms with Crippen molar-refractivity contribution in [2.75, 3.05) is 5.32 Å². The Morgan fingerprint density at radius 2 is 1.83 bits per heavy atom. The third-order valence-electron chi connectivity index (χ3n) is 3.64. The fraction of sp³-hybridized carbons (Fsp3) is 0.222. The molecule has 0 unspecified atom stereocenters. The quantitative estimate of drug-likeness (QED) is 0.472. The van der Waals surface area contributed by atoms with Crippen molar-refractivity contribution in [3.8, 4) is 0 Å². The molecule has 2 aromatic carbocycles. The Balaban J connectivity index is 1.70. The number of nitrogens with one attached hydrogen (secondary N) is 2. The first-order valence-electron chi connectivity index (χ1n) is 7.56. The van der Waals surface area contributed by atoms with Crippen molar-refractivity contribution in [2.24, 2.45) is 5.10 Å². The number of thiocarbonyl (C=S) groups is 1. The third-order valence-corrected chi connectivity index (χ3v) is 6.09. The first-order chi connectivity index (χ1) is 11.1. The van der Waals surface area contributed by atoms with Crippen molar-refractivity contribution in [1.82, 2.24) is 5.43 Å². The number of fused-ring (bicyclic) bond motifs is 1. The molecule has 2 N–H and O–H groups in total. The molecule has 5 heteroatoms. The van der Waals surface area contributed by atoms with Gasteiger partial charge in [-0.05, 0) is 0 Å². The Morgan fingerprint density at radius 3 is 2.61 bits per heavy atom. The van der Waals surface area contributed by atoms with Crippen LogP contribution in [-0.2, 0) is 0 Å². The van der Waals surface area contributed by atoms with E-state index in [0.717, 1.165) is 17.8 Å². The number of hydrogen-bond donors (Lipinski definition) is 2. The standard InChI is InChI=1S/C18H19N3SSe/c1-12-3-6-14(7-4-12)19-18(22)21-20-16-9-10-23-17-8-5-13(2)11-15(16)17/h3-8,11H,9-10H2,1-2H3,(H2,19,21,22)/b20-16+. The molecule has 3 nitrogen and oxygen atoms in total. The van der Waals surface area contributed by atoms with Gasteiger partial charge in [0.25, 0.3) is 0 Å². The number of rotatable bonds is 2. The van der Waals surface area contributed by atoms with Crippen LogP contribution in [0, 0.1) is 13.8 Å². The Bertz CT molecular complexity index is 753. The summed E-state index contributed by atoms with van der Waals surface area (Å²) < 4.78 is 1.44.